The van der Waals surface area contributed by atoms with E-state index >= 15 is 0 Å². The number of carbonyl (C=O) groups is 2. The number of rotatable bonds is 8. The Morgan fingerprint density at radius 2 is 1.76 bits per heavy atom. The van der Waals surface area contributed by atoms with E-state index in [1.165, 1.54) is 11.3 Å². The first-order chi connectivity index (χ1) is 16.0. The van der Waals surface area contributed by atoms with Gasteiger partial charge in [-0.15, -0.1) is 11.3 Å². The van der Waals surface area contributed by atoms with E-state index in [0.29, 0.717) is 35.0 Å². The van der Waals surface area contributed by atoms with Crippen LogP contribution in [0.25, 0.3) is 11.3 Å². The van der Waals surface area contributed by atoms with Gasteiger partial charge in [0.15, 0.2) is 5.13 Å². The number of nitrogens with zero attached hydrogens (tertiary/aromatic N) is 1. The van der Waals surface area contributed by atoms with Crippen LogP contribution in [0.4, 0.5) is 10.8 Å². The van der Waals surface area contributed by atoms with Crippen LogP contribution < -0.4 is 5.32 Å². The molecule has 33 heavy (non-hydrogen) atoms. The van der Waals surface area contributed by atoms with E-state index in [9.17, 15) is 14.7 Å². The molecule has 3 aromatic carbocycles. The summed E-state index contributed by atoms with van der Waals surface area (Å²) >= 11 is 1.38. The number of nitrogens with one attached hydrogen (secondary N) is 1. The number of carboxylic acid groups (broad SMARTS) is 1. The van der Waals surface area contributed by atoms with Crippen LogP contribution >= 0.6 is 11.3 Å². The number of hydrogen-bond acceptors (Lipinski definition) is 6. The van der Waals surface area contributed by atoms with Gasteiger partial charge < -0.3 is 15.2 Å². The fourth-order valence-electron chi connectivity index (χ4n) is 3.41. The molecule has 0 atom stereocenters. The Labute approximate surface area is 195 Å². The summed E-state index contributed by atoms with van der Waals surface area (Å²) in [7, 11) is 0. The molecule has 1 aromatic heterocycles. The summed E-state index contributed by atoms with van der Waals surface area (Å²) in [6, 6.07) is 22.3. The molecule has 1 heterocycles. The fourth-order valence-corrected chi connectivity index (χ4v) is 4.14. The van der Waals surface area contributed by atoms with E-state index < -0.39 is 5.97 Å². The molecule has 2 N–H and O–H groups in total. The molecule has 0 bridgehead atoms. The lowest BCUT2D eigenvalue weighted by Crippen LogP contribution is -2.04. The minimum atomic E-state index is -0.992. The quantitative estimate of drug-likeness (QED) is 0.314. The zero-order valence-electron chi connectivity index (χ0n) is 17.9. The van der Waals surface area contributed by atoms with Gasteiger partial charge in [-0.3, -0.25) is 0 Å². The predicted molar refractivity (Wildman–Crippen MR) is 129 cm³/mol. The molecule has 0 aliphatic rings. The van der Waals surface area contributed by atoms with Gasteiger partial charge in [0.05, 0.1) is 23.4 Å². The average molecular weight is 459 g/mol. The highest BCUT2D eigenvalue weighted by Gasteiger charge is 2.16. The zero-order chi connectivity index (χ0) is 23.2. The van der Waals surface area contributed by atoms with Gasteiger partial charge in [-0.2, -0.15) is 0 Å². The van der Waals surface area contributed by atoms with Crippen molar-refractivity contribution in [3.8, 4) is 11.3 Å². The van der Waals surface area contributed by atoms with Gasteiger partial charge in [0.2, 0.25) is 0 Å². The Hall–Kier alpha value is -3.97. The van der Waals surface area contributed by atoms with Gasteiger partial charge in [0.1, 0.15) is 0 Å². The van der Waals surface area contributed by atoms with Gasteiger partial charge >= 0.3 is 11.9 Å². The molecule has 0 unspecified atom stereocenters. The second kappa shape index (κ2) is 10.1. The van der Waals surface area contributed by atoms with Gasteiger partial charge in [0.25, 0.3) is 0 Å². The maximum atomic E-state index is 11.8. The van der Waals surface area contributed by atoms with Crippen molar-refractivity contribution < 1.29 is 19.4 Å². The molecule has 7 heteroatoms. The maximum absolute atomic E-state index is 11.8. The Bertz CT molecular complexity index is 1270. The van der Waals surface area contributed by atoms with Crippen LogP contribution in [-0.2, 0) is 11.2 Å². The summed E-state index contributed by atoms with van der Waals surface area (Å²) in [5.74, 6) is -1.36. The van der Waals surface area contributed by atoms with Gasteiger partial charge in [-0.25, -0.2) is 14.6 Å². The highest BCUT2D eigenvalue weighted by atomic mass is 32.1. The molecule has 0 aliphatic carbocycles. The Morgan fingerprint density at radius 3 is 2.45 bits per heavy atom. The molecule has 0 aliphatic heterocycles. The van der Waals surface area contributed by atoms with Crippen molar-refractivity contribution in [2.75, 3.05) is 11.9 Å². The van der Waals surface area contributed by atoms with Crippen LogP contribution in [0.15, 0.2) is 78.2 Å². The number of ether oxygens (including phenoxy) is 1. The second-order valence-corrected chi connectivity index (χ2v) is 8.17. The molecule has 6 nitrogen and oxygen atoms in total. The van der Waals surface area contributed by atoms with E-state index in [4.69, 9.17) is 4.74 Å². The number of aromatic nitrogens is 1. The lowest BCUT2D eigenvalue weighted by Gasteiger charge is -2.08. The molecular weight excluding hydrogens is 436 g/mol. The summed E-state index contributed by atoms with van der Waals surface area (Å²) in [5, 5.41) is 15.3. The van der Waals surface area contributed by atoms with E-state index in [0.717, 1.165) is 16.8 Å². The summed E-state index contributed by atoms with van der Waals surface area (Å²) in [5.41, 5.74) is 4.79. The Morgan fingerprint density at radius 1 is 1.00 bits per heavy atom. The first kappa shape index (κ1) is 22.2. The largest absolute Gasteiger partial charge is 0.478 e. The smallest absolute Gasteiger partial charge is 0.338 e. The van der Waals surface area contributed by atoms with Crippen LogP contribution in [0.3, 0.4) is 0 Å². The number of esters is 1. The topological polar surface area (TPSA) is 88.5 Å². The number of anilines is 2. The summed E-state index contributed by atoms with van der Waals surface area (Å²) in [4.78, 5) is 28.2. The van der Waals surface area contributed by atoms with Crippen LogP contribution in [0.2, 0.25) is 0 Å². The third kappa shape index (κ3) is 5.45. The summed E-state index contributed by atoms with van der Waals surface area (Å²) in [6.07, 6.45) is 0.704. The molecule has 4 rings (SSSR count). The van der Waals surface area contributed by atoms with Crippen LogP contribution in [0, 0.1) is 0 Å². The first-order valence-electron chi connectivity index (χ1n) is 10.4. The van der Waals surface area contributed by atoms with Crippen LogP contribution in [0.1, 0.15) is 38.8 Å². The van der Waals surface area contributed by atoms with Crippen molar-refractivity contribution in [3.05, 3.63) is 100 Å². The number of aromatic carboxylic acids is 1. The Balaban J connectivity index is 1.56. The average Bonchev–Trinajstić information content (AvgIpc) is 3.28. The van der Waals surface area contributed by atoms with E-state index in [2.05, 4.69) is 10.3 Å². The molecule has 0 saturated carbocycles. The molecule has 0 radical (unpaired) electrons. The number of thiazole rings is 1. The van der Waals surface area contributed by atoms with Gasteiger partial charge in [-0.1, -0.05) is 36.4 Å². The minimum Gasteiger partial charge on any atom is -0.478 e. The fraction of sp³-hybridized carbons (Fsp3) is 0.115. The highest BCUT2D eigenvalue weighted by molar-refractivity contribution is 7.14. The molecule has 0 saturated heterocycles. The van der Waals surface area contributed by atoms with Crippen molar-refractivity contribution in [1.82, 2.24) is 4.98 Å². The third-order valence-electron chi connectivity index (χ3n) is 4.99. The first-order valence-corrected chi connectivity index (χ1v) is 11.3. The number of benzene rings is 3. The van der Waals surface area contributed by atoms with Crippen molar-refractivity contribution in [3.63, 3.8) is 0 Å². The van der Waals surface area contributed by atoms with Crippen molar-refractivity contribution in [1.29, 1.82) is 0 Å². The normalized spacial score (nSPS) is 10.6. The highest BCUT2D eigenvalue weighted by Crippen LogP contribution is 2.31. The van der Waals surface area contributed by atoms with Crippen LogP contribution in [0.5, 0.6) is 0 Å². The van der Waals surface area contributed by atoms with E-state index in [1.54, 1.807) is 37.3 Å². The minimum absolute atomic E-state index is 0.211. The van der Waals surface area contributed by atoms with Gasteiger partial charge in [0, 0.05) is 16.6 Å². The van der Waals surface area contributed by atoms with E-state index in [-0.39, 0.29) is 11.5 Å². The maximum Gasteiger partial charge on any atom is 0.338 e. The molecular formula is C26H22N2O4S. The monoisotopic (exact) mass is 458 g/mol. The summed E-state index contributed by atoms with van der Waals surface area (Å²) in [6.45, 7) is 2.09. The number of carbonyl (C=O) groups excluding carboxylic acids is 1. The molecule has 0 amide bonds. The zero-order valence-corrected chi connectivity index (χ0v) is 18.8. The predicted octanol–water partition coefficient (Wildman–Crippen LogP) is 6.02. The van der Waals surface area contributed by atoms with Crippen molar-refractivity contribution in [2.24, 2.45) is 0 Å². The molecule has 0 spiro atoms. The molecule has 166 valence electrons. The third-order valence-corrected chi connectivity index (χ3v) is 5.75. The van der Waals surface area contributed by atoms with E-state index in [1.807, 2.05) is 47.8 Å². The van der Waals surface area contributed by atoms with Crippen LogP contribution in [-0.4, -0.2) is 28.6 Å². The standard InChI is InChI=1S/C26H22N2O4S/c1-2-32-25(31)19-9-11-20(12-10-19)27-26-28-23(16-33-26)22-15-18(8-13-21(22)24(29)30)14-17-6-4-3-5-7-17/h3-13,15-16H,2,14H2,1H3,(H,27,28)(H,29,30). The van der Waals surface area contributed by atoms with Crippen molar-refractivity contribution >= 4 is 34.1 Å². The SMILES string of the molecule is CCOC(=O)c1ccc(Nc2nc(-c3cc(Cc4ccccc4)ccc3C(=O)O)cs2)cc1. The molecule has 0 fully saturated rings. The summed E-state index contributed by atoms with van der Waals surface area (Å²) < 4.78 is 5.00. The lowest BCUT2D eigenvalue weighted by atomic mass is 9.98. The second-order valence-electron chi connectivity index (χ2n) is 7.31. The number of carboxylic acids is 1. The number of hydrogen-bond donors (Lipinski definition) is 2. The van der Waals surface area contributed by atoms with Crippen molar-refractivity contribution in [2.45, 2.75) is 13.3 Å². The van der Waals surface area contributed by atoms with Gasteiger partial charge in [-0.05, 0) is 60.9 Å². The Kier molecular flexibility index (Phi) is 6.80. The molecule has 4 aromatic rings. The lowest BCUT2D eigenvalue weighted by molar-refractivity contribution is 0.0526.